The molecule has 0 N–H and O–H groups in total. The first-order valence-electron chi connectivity index (χ1n) is 9.11. The van der Waals surface area contributed by atoms with Gasteiger partial charge in [-0.1, -0.05) is 23.7 Å². The van der Waals surface area contributed by atoms with Crippen LogP contribution in [0, 0.1) is 0 Å². The molecule has 3 rings (SSSR count). The first-order valence-corrected chi connectivity index (χ1v) is 9.49. The van der Waals surface area contributed by atoms with Gasteiger partial charge in [0.25, 0.3) is 0 Å². The van der Waals surface area contributed by atoms with E-state index in [1.54, 1.807) is 38.5 Å². The first-order chi connectivity index (χ1) is 13.6. The van der Waals surface area contributed by atoms with Gasteiger partial charge in [-0.15, -0.1) is 0 Å². The number of ether oxygens (including phenoxy) is 3. The third-order valence-electron chi connectivity index (χ3n) is 4.91. The van der Waals surface area contributed by atoms with E-state index in [-0.39, 0.29) is 11.9 Å². The predicted molar refractivity (Wildman–Crippen MR) is 110 cm³/mol. The summed E-state index contributed by atoms with van der Waals surface area (Å²) in [6, 6.07) is 11.5. The Morgan fingerprint density at radius 1 is 1.11 bits per heavy atom. The van der Waals surface area contributed by atoms with Crippen molar-refractivity contribution in [1.82, 2.24) is 4.90 Å². The Labute approximate surface area is 170 Å². The molecule has 1 aliphatic rings. The summed E-state index contributed by atoms with van der Waals surface area (Å²) in [5.74, 6) is 1.79. The van der Waals surface area contributed by atoms with Crippen LogP contribution < -0.4 is 14.2 Å². The summed E-state index contributed by atoms with van der Waals surface area (Å²) < 4.78 is 15.8. The third-order valence-corrected chi connectivity index (χ3v) is 5.19. The van der Waals surface area contributed by atoms with E-state index in [0.717, 1.165) is 36.3 Å². The van der Waals surface area contributed by atoms with Gasteiger partial charge in [-0.25, -0.2) is 0 Å². The van der Waals surface area contributed by atoms with E-state index >= 15 is 0 Å². The smallest absolute Gasteiger partial charge is 0.247 e. The molecule has 0 saturated carbocycles. The Morgan fingerprint density at radius 2 is 1.86 bits per heavy atom. The monoisotopic (exact) mass is 401 g/mol. The molecule has 1 aliphatic heterocycles. The maximum atomic E-state index is 12.8. The van der Waals surface area contributed by atoms with E-state index in [0.29, 0.717) is 16.5 Å². The lowest BCUT2D eigenvalue weighted by molar-refractivity contribution is -0.126. The van der Waals surface area contributed by atoms with Crippen LogP contribution in [0.2, 0.25) is 5.02 Å². The highest BCUT2D eigenvalue weighted by molar-refractivity contribution is 6.32. The minimum absolute atomic E-state index is 0.0239. The molecule has 1 atom stereocenters. The van der Waals surface area contributed by atoms with Gasteiger partial charge in [-0.05, 0) is 54.3 Å². The van der Waals surface area contributed by atoms with Crippen molar-refractivity contribution in [3.63, 3.8) is 0 Å². The highest BCUT2D eigenvalue weighted by atomic mass is 35.5. The number of nitrogens with zero attached hydrogens (tertiary/aromatic N) is 1. The van der Waals surface area contributed by atoms with Crippen LogP contribution >= 0.6 is 11.6 Å². The summed E-state index contributed by atoms with van der Waals surface area (Å²) in [6.45, 7) is 0.743. The van der Waals surface area contributed by atoms with Crippen LogP contribution in [0.4, 0.5) is 0 Å². The van der Waals surface area contributed by atoms with Gasteiger partial charge in [0.1, 0.15) is 5.75 Å². The van der Waals surface area contributed by atoms with Crippen molar-refractivity contribution in [3.05, 3.63) is 58.6 Å². The lowest BCUT2D eigenvalue weighted by Gasteiger charge is -2.24. The summed E-state index contributed by atoms with van der Waals surface area (Å²) >= 11 is 6.24. The summed E-state index contributed by atoms with van der Waals surface area (Å²) in [5.41, 5.74) is 1.89. The number of halogens is 1. The normalized spacial score (nSPS) is 16.4. The lowest BCUT2D eigenvalue weighted by atomic mass is 10.0. The maximum absolute atomic E-state index is 12.8. The highest BCUT2D eigenvalue weighted by Crippen LogP contribution is 2.37. The number of likely N-dealkylation sites (tertiary alicyclic amines) is 1. The molecule has 0 aliphatic carbocycles. The van der Waals surface area contributed by atoms with Crippen molar-refractivity contribution < 1.29 is 19.0 Å². The standard InChI is InChI=1S/C22H24ClNO4/c1-26-17-9-7-16(8-10-17)19-5-4-12-24(19)21(25)11-6-15-13-18(23)22(28-3)20(14-15)27-2/h6-11,13-14,19H,4-5,12H2,1-3H3. The van der Waals surface area contributed by atoms with E-state index in [2.05, 4.69) is 0 Å². The minimum atomic E-state index is -0.0239. The Balaban J connectivity index is 1.77. The summed E-state index contributed by atoms with van der Waals surface area (Å²) in [7, 11) is 4.73. The Hall–Kier alpha value is -2.66. The molecule has 1 amide bonds. The van der Waals surface area contributed by atoms with Crippen molar-refractivity contribution in [2.24, 2.45) is 0 Å². The Morgan fingerprint density at radius 3 is 2.50 bits per heavy atom. The molecule has 1 heterocycles. The molecule has 2 aromatic carbocycles. The summed E-state index contributed by atoms with van der Waals surface area (Å²) in [4.78, 5) is 14.7. The Kier molecular flexibility index (Phi) is 6.47. The van der Waals surface area contributed by atoms with Crippen LogP contribution in [0.15, 0.2) is 42.5 Å². The second kappa shape index (κ2) is 9.02. The van der Waals surface area contributed by atoms with Crippen LogP contribution in [0.5, 0.6) is 17.2 Å². The van der Waals surface area contributed by atoms with Crippen molar-refractivity contribution in [2.45, 2.75) is 18.9 Å². The SMILES string of the molecule is COc1ccc(C2CCCN2C(=O)C=Cc2cc(Cl)c(OC)c(OC)c2)cc1. The summed E-state index contributed by atoms with van der Waals surface area (Å²) in [6.07, 6.45) is 5.27. The van der Waals surface area contributed by atoms with Crippen LogP contribution in [0.1, 0.15) is 30.0 Å². The minimum Gasteiger partial charge on any atom is -0.497 e. The van der Waals surface area contributed by atoms with E-state index in [9.17, 15) is 4.79 Å². The van der Waals surface area contributed by atoms with Gasteiger partial charge in [0, 0.05) is 12.6 Å². The van der Waals surface area contributed by atoms with Crippen LogP contribution in [-0.2, 0) is 4.79 Å². The quantitative estimate of drug-likeness (QED) is 0.656. The fourth-order valence-corrected chi connectivity index (χ4v) is 3.80. The number of hydrogen-bond acceptors (Lipinski definition) is 4. The predicted octanol–water partition coefficient (Wildman–Crippen LogP) is 4.74. The lowest BCUT2D eigenvalue weighted by Crippen LogP contribution is -2.28. The molecule has 28 heavy (non-hydrogen) atoms. The van der Waals surface area contributed by atoms with E-state index in [4.69, 9.17) is 25.8 Å². The first kappa shape index (κ1) is 20.1. The average Bonchev–Trinajstić information content (AvgIpc) is 3.21. The van der Waals surface area contributed by atoms with E-state index in [1.165, 1.54) is 7.11 Å². The van der Waals surface area contributed by atoms with Gasteiger partial charge in [0.2, 0.25) is 5.91 Å². The molecular formula is C22H24ClNO4. The zero-order valence-corrected chi connectivity index (χ0v) is 17.0. The number of carbonyl (C=O) groups excluding carboxylic acids is 1. The van der Waals surface area contributed by atoms with Crippen LogP contribution in [0.25, 0.3) is 6.08 Å². The van der Waals surface area contributed by atoms with Crippen LogP contribution in [-0.4, -0.2) is 38.7 Å². The second-order valence-electron chi connectivity index (χ2n) is 6.53. The molecule has 0 bridgehead atoms. The molecule has 2 aromatic rings. The van der Waals surface area contributed by atoms with Gasteiger partial charge in [0.05, 0.1) is 32.4 Å². The molecule has 1 unspecified atom stereocenters. The number of amides is 1. The molecule has 1 saturated heterocycles. The zero-order valence-electron chi connectivity index (χ0n) is 16.3. The number of methoxy groups -OCH3 is 3. The molecule has 148 valence electrons. The largest absolute Gasteiger partial charge is 0.497 e. The molecule has 0 spiro atoms. The molecule has 0 aromatic heterocycles. The van der Waals surface area contributed by atoms with Crippen molar-refractivity contribution >= 4 is 23.6 Å². The maximum Gasteiger partial charge on any atom is 0.247 e. The fraction of sp³-hybridized carbons (Fsp3) is 0.318. The highest BCUT2D eigenvalue weighted by Gasteiger charge is 2.28. The Bertz CT molecular complexity index is 864. The number of carbonyl (C=O) groups is 1. The van der Waals surface area contributed by atoms with Crippen LogP contribution in [0.3, 0.4) is 0 Å². The topological polar surface area (TPSA) is 48.0 Å². The number of hydrogen-bond donors (Lipinski definition) is 0. The molecular weight excluding hydrogens is 378 g/mol. The van der Waals surface area contributed by atoms with Crippen molar-refractivity contribution in [2.75, 3.05) is 27.9 Å². The van der Waals surface area contributed by atoms with Crippen molar-refractivity contribution in [1.29, 1.82) is 0 Å². The second-order valence-corrected chi connectivity index (χ2v) is 6.94. The third kappa shape index (κ3) is 4.25. The van der Waals surface area contributed by atoms with Gasteiger partial charge in [-0.2, -0.15) is 0 Å². The average molecular weight is 402 g/mol. The molecule has 6 heteroatoms. The number of rotatable bonds is 6. The van der Waals surface area contributed by atoms with E-state index in [1.807, 2.05) is 29.2 Å². The molecule has 0 radical (unpaired) electrons. The molecule has 1 fully saturated rings. The van der Waals surface area contributed by atoms with E-state index < -0.39 is 0 Å². The fourth-order valence-electron chi connectivity index (χ4n) is 3.50. The van der Waals surface area contributed by atoms with Gasteiger partial charge in [-0.3, -0.25) is 4.79 Å². The number of benzene rings is 2. The molecule has 5 nitrogen and oxygen atoms in total. The summed E-state index contributed by atoms with van der Waals surface area (Å²) in [5, 5.41) is 0.436. The van der Waals surface area contributed by atoms with Crippen molar-refractivity contribution in [3.8, 4) is 17.2 Å². The van der Waals surface area contributed by atoms with Gasteiger partial charge < -0.3 is 19.1 Å². The van der Waals surface area contributed by atoms with Gasteiger partial charge >= 0.3 is 0 Å². The van der Waals surface area contributed by atoms with Gasteiger partial charge in [0.15, 0.2) is 11.5 Å². The zero-order chi connectivity index (χ0) is 20.1.